The number of nitrogens with zero attached hydrogens (tertiary/aromatic N) is 1. The maximum absolute atomic E-state index is 10.8. The van der Waals surface area contributed by atoms with Crippen LogP contribution in [-0.4, -0.2) is 17.6 Å². The van der Waals surface area contributed by atoms with Gasteiger partial charge in [0.15, 0.2) is 0 Å². The summed E-state index contributed by atoms with van der Waals surface area (Å²) < 4.78 is 6.82. The number of halogens is 1. The summed E-state index contributed by atoms with van der Waals surface area (Å²) in [6, 6.07) is 17.9. The number of carboxylic acids is 1. The number of aromatic nitrogens is 1. The quantitative estimate of drug-likeness (QED) is 0.468. The van der Waals surface area contributed by atoms with Crippen molar-refractivity contribution >= 4 is 45.0 Å². The van der Waals surface area contributed by atoms with Crippen molar-refractivity contribution in [1.29, 1.82) is 0 Å². The van der Waals surface area contributed by atoms with Crippen LogP contribution < -0.4 is 39.4 Å². The molecular formula is C24H23BrNNaO3. The molecule has 0 aliphatic heterocycles. The number of benzene rings is 2. The number of rotatable bonds is 8. The minimum Gasteiger partial charge on any atom is -0.550 e. The van der Waals surface area contributed by atoms with E-state index in [1.165, 1.54) is 0 Å². The summed E-state index contributed by atoms with van der Waals surface area (Å²) >= 11 is 3.48. The molecule has 0 aliphatic carbocycles. The van der Waals surface area contributed by atoms with E-state index in [1.807, 2.05) is 74.5 Å². The molecule has 3 aromatic rings. The molecule has 1 aromatic heterocycles. The predicted octanol–water partition coefficient (Wildman–Crippen LogP) is 2.11. The van der Waals surface area contributed by atoms with Gasteiger partial charge < -0.3 is 14.6 Å². The van der Waals surface area contributed by atoms with Crippen molar-refractivity contribution in [1.82, 2.24) is 4.98 Å². The number of fused-ring (bicyclic) bond motifs is 1. The molecule has 0 aliphatic rings. The van der Waals surface area contributed by atoms with Crippen molar-refractivity contribution in [3.05, 3.63) is 70.3 Å². The predicted molar refractivity (Wildman–Crippen MR) is 118 cm³/mol. The van der Waals surface area contributed by atoms with Gasteiger partial charge in [-0.3, -0.25) is 0 Å². The Morgan fingerprint density at radius 3 is 2.67 bits per heavy atom. The van der Waals surface area contributed by atoms with E-state index >= 15 is 0 Å². The Balaban J connectivity index is 0.00000320. The van der Waals surface area contributed by atoms with E-state index in [0.717, 1.165) is 32.4 Å². The first-order chi connectivity index (χ1) is 13.8. The Bertz CT molecular complexity index is 1050. The standard InChI is InChI=1S/C24H24BrNO3.Na/c1-24(2,16-23(27)28)12-13-29-21-5-3-4-17(14-21)6-10-20-11-8-18-7-9-19(25)15-22(18)26-20;/h3-11,14-15H,12-13,16H2,1-2H3,(H,27,28);/q;+1/p-1. The summed E-state index contributed by atoms with van der Waals surface area (Å²) in [7, 11) is 0. The molecule has 0 atom stereocenters. The van der Waals surface area contributed by atoms with E-state index < -0.39 is 5.97 Å². The van der Waals surface area contributed by atoms with Crippen LogP contribution in [0.25, 0.3) is 23.1 Å². The van der Waals surface area contributed by atoms with Gasteiger partial charge >= 0.3 is 29.6 Å². The number of carbonyl (C=O) groups excluding carboxylic acids is 1. The van der Waals surface area contributed by atoms with Gasteiger partial charge in [0, 0.05) is 15.8 Å². The van der Waals surface area contributed by atoms with Crippen LogP contribution in [0, 0.1) is 5.41 Å². The van der Waals surface area contributed by atoms with Gasteiger partial charge in [-0.25, -0.2) is 4.98 Å². The molecule has 0 saturated heterocycles. The Labute approximate surface area is 207 Å². The van der Waals surface area contributed by atoms with Gasteiger partial charge in [-0.1, -0.05) is 60.1 Å². The van der Waals surface area contributed by atoms with Gasteiger partial charge in [-0.15, -0.1) is 0 Å². The normalized spacial score (nSPS) is 11.4. The first-order valence-electron chi connectivity index (χ1n) is 9.48. The van der Waals surface area contributed by atoms with E-state index in [0.29, 0.717) is 13.0 Å². The average Bonchev–Trinajstić information content (AvgIpc) is 2.65. The van der Waals surface area contributed by atoms with E-state index in [2.05, 4.69) is 27.0 Å². The van der Waals surface area contributed by atoms with Gasteiger partial charge in [0.25, 0.3) is 0 Å². The van der Waals surface area contributed by atoms with E-state index in [4.69, 9.17) is 4.74 Å². The molecule has 0 radical (unpaired) electrons. The second-order valence-electron chi connectivity index (χ2n) is 7.79. The van der Waals surface area contributed by atoms with Gasteiger partial charge in [-0.2, -0.15) is 0 Å². The minimum atomic E-state index is -1.03. The van der Waals surface area contributed by atoms with Gasteiger partial charge in [0.1, 0.15) is 5.75 Å². The number of carboxylic acid groups (broad SMARTS) is 1. The summed E-state index contributed by atoms with van der Waals surface area (Å²) in [5.41, 5.74) is 2.48. The molecule has 0 spiro atoms. The summed E-state index contributed by atoms with van der Waals surface area (Å²) in [4.78, 5) is 15.5. The van der Waals surface area contributed by atoms with Crippen LogP contribution in [0.5, 0.6) is 5.75 Å². The van der Waals surface area contributed by atoms with Gasteiger partial charge in [0.05, 0.1) is 17.8 Å². The number of pyridine rings is 1. The van der Waals surface area contributed by atoms with Crippen molar-refractivity contribution < 1.29 is 44.2 Å². The topological polar surface area (TPSA) is 62.2 Å². The third-order valence-corrected chi connectivity index (χ3v) is 5.14. The largest absolute Gasteiger partial charge is 1.00 e. The summed E-state index contributed by atoms with van der Waals surface area (Å²) in [6.07, 6.45) is 4.63. The number of hydrogen-bond acceptors (Lipinski definition) is 4. The average molecular weight is 476 g/mol. The second kappa shape index (κ2) is 11.1. The van der Waals surface area contributed by atoms with Crippen molar-refractivity contribution in [3.63, 3.8) is 0 Å². The Hall–Kier alpha value is -1.66. The van der Waals surface area contributed by atoms with Crippen LogP contribution in [0.2, 0.25) is 0 Å². The molecule has 4 nitrogen and oxygen atoms in total. The van der Waals surface area contributed by atoms with E-state index in [1.54, 1.807) is 0 Å². The fourth-order valence-corrected chi connectivity index (χ4v) is 3.36. The molecule has 0 bridgehead atoms. The first-order valence-corrected chi connectivity index (χ1v) is 10.3. The summed E-state index contributed by atoms with van der Waals surface area (Å²) in [5.74, 6) is -0.274. The summed E-state index contributed by atoms with van der Waals surface area (Å²) in [6.45, 7) is 4.26. The molecular weight excluding hydrogens is 453 g/mol. The maximum atomic E-state index is 10.8. The van der Waals surface area contributed by atoms with Crippen LogP contribution in [0.3, 0.4) is 0 Å². The zero-order valence-corrected chi connectivity index (χ0v) is 21.1. The number of hydrogen-bond donors (Lipinski definition) is 0. The molecule has 30 heavy (non-hydrogen) atoms. The van der Waals surface area contributed by atoms with E-state index in [-0.39, 0.29) is 41.4 Å². The van der Waals surface area contributed by atoms with Crippen molar-refractivity contribution in [2.45, 2.75) is 26.7 Å². The van der Waals surface area contributed by atoms with Crippen molar-refractivity contribution in [2.24, 2.45) is 5.41 Å². The van der Waals surface area contributed by atoms with Crippen LogP contribution >= 0.6 is 15.9 Å². The van der Waals surface area contributed by atoms with Crippen molar-refractivity contribution in [2.75, 3.05) is 6.61 Å². The molecule has 150 valence electrons. The van der Waals surface area contributed by atoms with Crippen molar-refractivity contribution in [3.8, 4) is 5.75 Å². The van der Waals surface area contributed by atoms with Gasteiger partial charge in [0.2, 0.25) is 0 Å². The van der Waals surface area contributed by atoms with Gasteiger partial charge in [-0.05, 0) is 60.2 Å². The molecule has 0 unspecified atom stereocenters. The zero-order valence-electron chi connectivity index (χ0n) is 17.5. The SMILES string of the molecule is CC(C)(CCOc1cccc(C=Cc2ccc3ccc(Br)cc3n2)c1)CC(=O)[O-].[Na+]. The van der Waals surface area contributed by atoms with Crippen LogP contribution in [0.1, 0.15) is 37.9 Å². The number of carbonyl (C=O) groups is 1. The minimum absolute atomic E-state index is 0. The fraction of sp³-hybridized carbons (Fsp3) is 0.250. The third kappa shape index (κ3) is 7.55. The van der Waals surface area contributed by atoms with E-state index in [9.17, 15) is 9.90 Å². The number of ether oxygens (including phenoxy) is 1. The molecule has 0 amide bonds. The fourth-order valence-electron chi connectivity index (χ4n) is 3.01. The molecule has 3 rings (SSSR count). The van der Waals surface area contributed by atoms with Crippen LogP contribution in [-0.2, 0) is 4.79 Å². The zero-order chi connectivity index (χ0) is 20.9. The third-order valence-electron chi connectivity index (χ3n) is 4.65. The maximum Gasteiger partial charge on any atom is 1.00 e. The van der Waals surface area contributed by atoms with Crippen LogP contribution in [0.15, 0.2) is 59.1 Å². The monoisotopic (exact) mass is 475 g/mol. The number of aliphatic carboxylic acids is 1. The van der Waals surface area contributed by atoms with Crippen LogP contribution in [0.4, 0.5) is 0 Å². The molecule has 0 fully saturated rings. The Morgan fingerprint density at radius 2 is 1.90 bits per heavy atom. The summed E-state index contributed by atoms with van der Waals surface area (Å²) in [5, 5.41) is 11.9. The second-order valence-corrected chi connectivity index (χ2v) is 8.71. The smallest absolute Gasteiger partial charge is 0.550 e. The Morgan fingerprint density at radius 1 is 1.13 bits per heavy atom. The molecule has 1 heterocycles. The molecule has 0 N–H and O–H groups in total. The first kappa shape index (κ1) is 24.6. The molecule has 6 heteroatoms. The molecule has 0 saturated carbocycles. The molecule has 2 aromatic carbocycles. The Kier molecular flexibility index (Phi) is 9.10.